The minimum atomic E-state index is -0.703. The molecular formula is C23H28F2N4O2. The Kier molecular flexibility index (Phi) is 4.90. The molecule has 1 saturated carbocycles. The van der Waals surface area contributed by atoms with Crippen LogP contribution in [0.2, 0.25) is 0 Å². The Morgan fingerprint density at radius 1 is 1.39 bits per heavy atom. The fourth-order valence-electron chi connectivity index (χ4n) is 5.34. The molecule has 8 heteroatoms. The maximum Gasteiger partial charge on any atom is 0.272 e. The van der Waals surface area contributed by atoms with E-state index in [1.165, 1.54) is 16.8 Å². The lowest BCUT2D eigenvalue weighted by Gasteiger charge is -2.29. The summed E-state index contributed by atoms with van der Waals surface area (Å²) in [4.78, 5) is 15.5. The van der Waals surface area contributed by atoms with Gasteiger partial charge >= 0.3 is 0 Å². The Morgan fingerprint density at radius 2 is 2.19 bits per heavy atom. The van der Waals surface area contributed by atoms with Gasteiger partial charge in [0.05, 0.1) is 17.8 Å². The van der Waals surface area contributed by atoms with Gasteiger partial charge in [-0.1, -0.05) is 13.8 Å². The number of aliphatic hydroxyl groups excluding tert-OH is 1. The highest BCUT2D eigenvalue weighted by atomic mass is 19.1. The number of aliphatic hydroxyl groups is 1. The SMILES string of the molecule is CC(C)CN1CCC(CO)(NC(=O)c2nn(-c3ccc(F)cc3F)c3c2C[C@@H]2C[C@H]32)C1. The zero-order chi connectivity index (χ0) is 21.9. The Hall–Kier alpha value is -2.32. The summed E-state index contributed by atoms with van der Waals surface area (Å²) in [5.41, 5.74) is 1.47. The summed E-state index contributed by atoms with van der Waals surface area (Å²) in [7, 11) is 0. The lowest BCUT2D eigenvalue weighted by molar-refractivity contribution is 0.0830. The molecule has 31 heavy (non-hydrogen) atoms. The number of hydrogen-bond acceptors (Lipinski definition) is 4. The van der Waals surface area contributed by atoms with Crippen molar-refractivity contribution in [2.24, 2.45) is 11.8 Å². The van der Waals surface area contributed by atoms with Gasteiger partial charge in [0.2, 0.25) is 0 Å². The standard InChI is InChI=1S/C23H28F2N4O2/c1-13(2)10-28-6-5-23(11-28,12-30)26-22(31)20-17-8-14-7-16(14)21(17)29(27-20)19-4-3-15(24)9-18(19)25/h3-4,9,13-14,16,30H,5-8,10-12H2,1-2H3,(H,26,31)/t14-,16-,23?/m0/s1. The normalized spacial score (nSPS) is 26.9. The lowest BCUT2D eigenvalue weighted by Crippen LogP contribution is -2.53. The fourth-order valence-corrected chi connectivity index (χ4v) is 5.34. The number of carbonyl (C=O) groups is 1. The van der Waals surface area contributed by atoms with Crippen LogP contribution in [0.25, 0.3) is 5.69 Å². The number of carbonyl (C=O) groups excluding carboxylic acids is 1. The van der Waals surface area contributed by atoms with Crippen molar-refractivity contribution in [3.05, 3.63) is 46.8 Å². The smallest absolute Gasteiger partial charge is 0.272 e. The summed E-state index contributed by atoms with van der Waals surface area (Å²) in [5, 5.41) is 17.6. The van der Waals surface area contributed by atoms with Crippen LogP contribution in [-0.4, -0.2) is 57.5 Å². The van der Waals surface area contributed by atoms with Crippen molar-refractivity contribution >= 4 is 5.91 Å². The number of amides is 1. The van der Waals surface area contributed by atoms with Gasteiger partial charge in [0, 0.05) is 37.2 Å². The highest BCUT2D eigenvalue weighted by molar-refractivity contribution is 5.95. The van der Waals surface area contributed by atoms with Crippen LogP contribution in [0.15, 0.2) is 18.2 Å². The number of hydrogen-bond donors (Lipinski definition) is 2. The quantitative estimate of drug-likeness (QED) is 0.739. The summed E-state index contributed by atoms with van der Waals surface area (Å²) in [6.45, 7) is 6.47. The topological polar surface area (TPSA) is 70.4 Å². The fraction of sp³-hybridized carbons (Fsp3) is 0.565. The van der Waals surface area contributed by atoms with Crippen molar-refractivity contribution < 1.29 is 18.7 Å². The molecule has 166 valence electrons. The molecule has 2 aliphatic carbocycles. The molecule has 1 unspecified atom stereocenters. The van der Waals surface area contributed by atoms with Crippen LogP contribution >= 0.6 is 0 Å². The molecule has 1 aromatic heterocycles. The molecule has 1 aromatic carbocycles. The third kappa shape index (κ3) is 3.55. The molecule has 5 rings (SSSR count). The summed E-state index contributed by atoms with van der Waals surface area (Å²) < 4.78 is 29.4. The summed E-state index contributed by atoms with van der Waals surface area (Å²) >= 11 is 0. The van der Waals surface area contributed by atoms with E-state index >= 15 is 0 Å². The van der Waals surface area contributed by atoms with E-state index in [1.807, 2.05) is 0 Å². The van der Waals surface area contributed by atoms with Gasteiger partial charge < -0.3 is 15.3 Å². The number of nitrogens with one attached hydrogen (secondary N) is 1. The average Bonchev–Trinajstić information content (AvgIpc) is 3.04. The first-order chi connectivity index (χ1) is 14.8. The summed E-state index contributed by atoms with van der Waals surface area (Å²) in [6, 6.07) is 3.41. The number of aromatic nitrogens is 2. The van der Waals surface area contributed by atoms with Crippen molar-refractivity contribution in [1.29, 1.82) is 0 Å². The second-order valence-corrected chi connectivity index (χ2v) is 9.80. The molecule has 1 aliphatic heterocycles. The molecular weight excluding hydrogens is 402 g/mol. The number of halogens is 2. The van der Waals surface area contributed by atoms with Gasteiger partial charge in [-0.3, -0.25) is 4.79 Å². The van der Waals surface area contributed by atoms with Gasteiger partial charge in [-0.05, 0) is 43.2 Å². The summed E-state index contributed by atoms with van der Waals surface area (Å²) in [5.74, 6) is -0.444. The zero-order valence-electron chi connectivity index (χ0n) is 17.9. The van der Waals surface area contributed by atoms with Crippen molar-refractivity contribution in [3.8, 4) is 5.69 Å². The highest BCUT2D eigenvalue weighted by Crippen LogP contribution is 2.57. The third-order valence-corrected chi connectivity index (χ3v) is 6.85. The molecule has 6 nitrogen and oxygen atoms in total. The van der Waals surface area contributed by atoms with E-state index in [1.54, 1.807) is 0 Å². The molecule has 2 fully saturated rings. The van der Waals surface area contributed by atoms with Gasteiger partial charge in [-0.25, -0.2) is 13.5 Å². The van der Waals surface area contributed by atoms with Crippen LogP contribution in [0.3, 0.4) is 0 Å². The van der Waals surface area contributed by atoms with E-state index in [9.17, 15) is 18.7 Å². The predicted octanol–water partition coefficient (Wildman–Crippen LogP) is 2.63. The van der Waals surface area contributed by atoms with Crippen molar-refractivity contribution in [2.75, 3.05) is 26.2 Å². The molecule has 3 aliphatic rings. The summed E-state index contributed by atoms with van der Waals surface area (Å²) in [6.07, 6.45) is 2.42. The maximum absolute atomic E-state index is 14.5. The van der Waals surface area contributed by atoms with E-state index in [0.29, 0.717) is 30.5 Å². The van der Waals surface area contributed by atoms with Crippen LogP contribution in [0.4, 0.5) is 8.78 Å². The van der Waals surface area contributed by atoms with Crippen molar-refractivity contribution in [2.45, 2.75) is 44.6 Å². The number of likely N-dealkylation sites (tertiary alicyclic amines) is 1. The van der Waals surface area contributed by atoms with E-state index in [4.69, 9.17) is 0 Å². The number of fused-ring (bicyclic) bond motifs is 3. The first-order valence-electron chi connectivity index (χ1n) is 11.0. The number of rotatable bonds is 6. The molecule has 1 amide bonds. The van der Waals surface area contributed by atoms with Gasteiger partial charge in [0.15, 0.2) is 11.5 Å². The second kappa shape index (κ2) is 7.38. The molecule has 3 atom stereocenters. The van der Waals surface area contributed by atoms with Gasteiger partial charge in [-0.2, -0.15) is 5.10 Å². The monoisotopic (exact) mass is 430 g/mol. The first kappa shape index (κ1) is 20.6. The van der Waals surface area contributed by atoms with Crippen molar-refractivity contribution in [1.82, 2.24) is 20.0 Å². The van der Waals surface area contributed by atoms with E-state index in [2.05, 4.69) is 29.2 Å². The second-order valence-electron chi connectivity index (χ2n) is 9.80. The Labute approximate surface area is 180 Å². The first-order valence-corrected chi connectivity index (χ1v) is 11.0. The lowest BCUT2D eigenvalue weighted by atomic mass is 9.99. The average molecular weight is 430 g/mol. The highest BCUT2D eigenvalue weighted by Gasteiger charge is 2.51. The molecule has 2 heterocycles. The van der Waals surface area contributed by atoms with E-state index < -0.39 is 17.2 Å². The van der Waals surface area contributed by atoms with Crippen LogP contribution in [0.5, 0.6) is 0 Å². The van der Waals surface area contributed by atoms with E-state index in [0.717, 1.165) is 43.3 Å². The zero-order valence-corrected chi connectivity index (χ0v) is 17.9. The molecule has 0 radical (unpaired) electrons. The minimum absolute atomic E-state index is 0.145. The van der Waals surface area contributed by atoms with Crippen LogP contribution in [0.1, 0.15) is 54.4 Å². The van der Waals surface area contributed by atoms with Gasteiger partial charge in [-0.15, -0.1) is 0 Å². The Bertz CT molecular complexity index is 1040. The molecule has 0 spiro atoms. The predicted molar refractivity (Wildman–Crippen MR) is 111 cm³/mol. The molecule has 0 bridgehead atoms. The minimum Gasteiger partial charge on any atom is -0.394 e. The van der Waals surface area contributed by atoms with Crippen molar-refractivity contribution in [3.63, 3.8) is 0 Å². The largest absolute Gasteiger partial charge is 0.394 e. The molecule has 2 N–H and O–H groups in total. The number of nitrogens with zero attached hydrogens (tertiary/aromatic N) is 3. The van der Waals surface area contributed by atoms with Gasteiger partial charge in [0.25, 0.3) is 5.91 Å². The molecule has 1 saturated heterocycles. The third-order valence-electron chi connectivity index (χ3n) is 6.85. The molecule has 2 aromatic rings. The Balaban J connectivity index is 1.45. The van der Waals surface area contributed by atoms with Gasteiger partial charge in [0.1, 0.15) is 11.5 Å². The van der Waals surface area contributed by atoms with Crippen LogP contribution < -0.4 is 5.32 Å². The number of benzene rings is 1. The van der Waals surface area contributed by atoms with Crippen LogP contribution in [0, 0.1) is 23.5 Å². The maximum atomic E-state index is 14.5. The van der Waals surface area contributed by atoms with E-state index in [-0.39, 0.29) is 24.1 Å². The Morgan fingerprint density at radius 3 is 2.90 bits per heavy atom. The van der Waals surface area contributed by atoms with Crippen LogP contribution in [-0.2, 0) is 6.42 Å².